The van der Waals surface area contributed by atoms with Gasteiger partial charge in [-0.2, -0.15) is 0 Å². The molecule has 2 aromatic rings. The summed E-state index contributed by atoms with van der Waals surface area (Å²) in [5.41, 5.74) is 3.17. The number of amides is 1. The van der Waals surface area contributed by atoms with Gasteiger partial charge in [-0.15, -0.1) is 0 Å². The Morgan fingerprint density at radius 3 is 2.83 bits per heavy atom. The molecule has 124 valence electrons. The number of nitrogens with zero attached hydrogens (tertiary/aromatic N) is 2. The molecule has 6 heteroatoms. The van der Waals surface area contributed by atoms with Gasteiger partial charge in [0.25, 0.3) is 0 Å². The number of hydrogen-bond acceptors (Lipinski definition) is 5. The summed E-state index contributed by atoms with van der Waals surface area (Å²) >= 11 is 0. The Hall–Kier alpha value is -2.89. The number of pyridine rings is 1. The molecule has 0 fully saturated rings. The van der Waals surface area contributed by atoms with Gasteiger partial charge in [0, 0.05) is 31.0 Å². The van der Waals surface area contributed by atoms with Crippen LogP contribution in [0.4, 0.5) is 11.5 Å². The standard InChI is InChI=1S/C18H19N3O3/c1-2-24-18(23)17(22)20-15-7-9-19-16(11-15)21-10-8-13-5-3-4-6-14(13)12-21/h3-7,9,11H,2,8,10,12H2,1H3,(H,19,20,22). The van der Waals surface area contributed by atoms with Crippen LogP contribution in [0.1, 0.15) is 18.1 Å². The maximum Gasteiger partial charge on any atom is 0.397 e. The first-order valence-corrected chi connectivity index (χ1v) is 7.93. The Labute approximate surface area is 140 Å². The minimum Gasteiger partial charge on any atom is -0.459 e. The zero-order valence-electron chi connectivity index (χ0n) is 13.5. The van der Waals surface area contributed by atoms with E-state index in [2.05, 4.69) is 38.1 Å². The highest BCUT2D eigenvalue weighted by Gasteiger charge is 2.19. The molecule has 0 atom stereocenters. The number of fused-ring (bicyclic) bond motifs is 1. The molecule has 24 heavy (non-hydrogen) atoms. The molecule has 1 N–H and O–H groups in total. The molecule has 0 unspecified atom stereocenters. The van der Waals surface area contributed by atoms with Crippen molar-refractivity contribution in [3.8, 4) is 0 Å². The molecule has 0 aliphatic carbocycles. The molecule has 1 aromatic heterocycles. The number of rotatable bonds is 3. The smallest absolute Gasteiger partial charge is 0.397 e. The predicted octanol–water partition coefficient (Wildman–Crippen LogP) is 2.15. The van der Waals surface area contributed by atoms with Crippen LogP contribution in [0.25, 0.3) is 0 Å². The largest absolute Gasteiger partial charge is 0.459 e. The van der Waals surface area contributed by atoms with Crippen molar-refractivity contribution in [2.75, 3.05) is 23.4 Å². The van der Waals surface area contributed by atoms with Gasteiger partial charge in [0.1, 0.15) is 5.82 Å². The van der Waals surface area contributed by atoms with Crippen molar-refractivity contribution in [3.05, 3.63) is 53.7 Å². The van der Waals surface area contributed by atoms with E-state index in [0.29, 0.717) is 5.69 Å². The van der Waals surface area contributed by atoms with Crippen molar-refractivity contribution >= 4 is 23.4 Å². The molecule has 0 spiro atoms. The summed E-state index contributed by atoms with van der Waals surface area (Å²) in [5, 5.41) is 2.54. The highest BCUT2D eigenvalue weighted by molar-refractivity contribution is 6.37. The first-order valence-electron chi connectivity index (χ1n) is 7.93. The first kappa shape index (κ1) is 16.0. The van der Waals surface area contributed by atoms with E-state index >= 15 is 0 Å². The molecule has 1 aliphatic rings. The Morgan fingerprint density at radius 2 is 2.04 bits per heavy atom. The SMILES string of the molecule is CCOC(=O)C(=O)Nc1ccnc(N2CCc3ccccc3C2)c1. The van der Waals surface area contributed by atoms with Crippen molar-refractivity contribution in [1.29, 1.82) is 0 Å². The maximum absolute atomic E-state index is 11.7. The fourth-order valence-electron chi connectivity index (χ4n) is 2.74. The summed E-state index contributed by atoms with van der Waals surface area (Å²) in [7, 11) is 0. The third-order valence-electron chi connectivity index (χ3n) is 3.92. The number of carbonyl (C=O) groups is 2. The Balaban J connectivity index is 1.72. The fourth-order valence-corrected chi connectivity index (χ4v) is 2.74. The van der Waals surface area contributed by atoms with E-state index in [0.717, 1.165) is 25.3 Å². The zero-order chi connectivity index (χ0) is 16.9. The molecule has 6 nitrogen and oxygen atoms in total. The van der Waals surface area contributed by atoms with E-state index in [1.807, 2.05) is 6.07 Å². The highest BCUT2D eigenvalue weighted by atomic mass is 16.5. The molecule has 0 bridgehead atoms. The lowest BCUT2D eigenvalue weighted by Crippen LogP contribution is -2.31. The van der Waals surface area contributed by atoms with Crippen molar-refractivity contribution < 1.29 is 14.3 Å². The van der Waals surface area contributed by atoms with Crippen LogP contribution in [0, 0.1) is 0 Å². The zero-order valence-corrected chi connectivity index (χ0v) is 13.5. The van der Waals surface area contributed by atoms with Crippen LogP contribution in [0.2, 0.25) is 0 Å². The molecule has 0 saturated carbocycles. The van der Waals surface area contributed by atoms with Crippen LogP contribution in [0.15, 0.2) is 42.6 Å². The number of esters is 1. The normalized spacial score (nSPS) is 13.1. The van der Waals surface area contributed by atoms with Gasteiger partial charge < -0.3 is 15.0 Å². The highest BCUT2D eigenvalue weighted by Crippen LogP contribution is 2.24. The predicted molar refractivity (Wildman–Crippen MR) is 90.7 cm³/mol. The number of hydrogen-bond donors (Lipinski definition) is 1. The maximum atomic E-state index is 11.7. The van der Waals surface area contributed by atoms with E-state index in [-0.39, 0.29) is 6.61 Å². The van der Waals surface area contributed by atoms with E-state index in [1.54, 1.807) is 25.3 Å². The lowest BCUT2D eigenvalue weighted by molar-refractivity contribution is -0.152. The Kier molecular flexibility index (Phi) is 4.74. The van der Waals surface area contributed by atoms with Gasteiger partial charge >= 0.3 is 11.9 Å². The van der Waals surface area contributed by atoms with Crippen molar-refractivity contribution in [3.63, 3.8) is 0 Å². The Morgan fingerprint density at radius 1 is 1.25 bits per heavy atom. The second kappa shape index (κ2) is 7.12. The van der Waals surface area contributed by atoms with Crippen LogP contribution in [0.5, 0.6) is 0 Å². The van der Waals surface area contributed by atoms with Gasteiger partial charge in [0.15, 0.2) is 0 Å². The summed E-state index contributed by atoms with van der Waals surface area (Å²) in [4.78, 5) is 29.7. The second-order valence-corrected chi connectivity index (χ2v) is 5.52. The molecule has 2 heterocycles. The molecular formula is C18H19N3O3. The minimum atomic E-state index is -0.886. The summed E-state index contributed by atoms with van der Waals surface area (Å²) in [5.74, 6) is -0.896. The van der Waals surface area contributed by atoms with Gasteiger partial charge in [-0.05, 0) is 30.5 Å². The molecule has 1 aromatic carbocycles. The topological polar surface area (TPSA) is 71.5 Å². The van der Waals surface area contributed by atoms with Crippen LogP contribution in [-0.4, -0.2) is 30.0 Å². The van der Waals surface area contributed by atoms with Crippen molar-refractivity contribution in [2.24, 2.45) is 0 Å². The Bertz CT molecular complexity index is 761. The summed E-state index contributed by atoms with van der Waals surface area (Å²) in [6.45, 7) is 3.46. The summed E-state index contributed by atoms with van der Waals surface area (Å²) < 4.78 is 4.68. The second-order valence-electron chi connectivity index (χ2n) is 5.52. The quantitative estimate of drug-likeness (QED) is 0.691. The van der Waals surface area contributed by atoms with Crippen LogP contribution in [0.3, 0.4) is 0 Å². The van der Waals surface area contributed by atoms with Crippen LogP contribution >= 0.6 is 0 Å². The molecule has 0 radical (unpaired) electrons. The first-order chi connectivity index (χ1) is 11.7. The number of anilines is 2. The number of benzene rings is 1. The van der Waals surface area contributed by atoms with Gasteiger partial charge in [-0.3, -0.25) is 4.79 Å². The molecule has 1 amide bonds. The fraction of sp³-hybridized carbons (Fsp3) is 0.278. The summed E-state index contributed by atoms with van der Waals surface area (Å²) in [6.07, 6.45) is 2.58. The molecule has 3 rings (SSSR count). The lowest BCUT2D eigenvalue weighted by atomic mass is 10.00. The van der Waals surface area contributed by atoms with Gasteiger partial charge in [0.2, 0.25) is 0 Å². The van der Waals surface area contributed by atoms with Crippen LogP contribution in [-0.2, 0) is 27.3 Å². The average Bonchev–Trinajstić information content (AvgIpc) is 2.61. The van der Waals surface area contributed by atoms with E-state index < -0.39 is 11.9 Å². The van der Waals surface area contributed by atoms with Gasteiger partial charge in [-0.1, -0.05) is 24.3 Å². The van der Waals surface area contributed by atoms with Gasteiger partial charge in [-0.25, -0.2) is 9.78 Å². The number of carbonyl (C=O) groups excluding carboxylic acids is 2. The average molecular weight is 325 g/mol. The van der Waals surface area contributed by atoms with Crippen LogP contribution < -0.4 is 10.2 Å². The molecule has 0 saturated heterocycles. The lowest BCUT2D eigenvalue weighted by Gasteiger charge is -2.30. The third kappa shape index (κ3) is 3.53. The van der Waals surface area contributed by atoms with Crippen molar-refractivity contribution in [2.45, 2.75) is 19.9 Å². The summed E-state index contributed by atoms with van der Waals surface area (Å²) in [6, 6.07) is 11.8. The van der Waals surface area contributed by atoms with Crippen molar-refractivity contribution in [1.82, 2.24) is 4.98 Å². The monoisotopic (exact) mass is 325 g/mol. The third-order valence-corrected chi connectivity index (χ3v) is 3.92. The number of ether oxygens (including phenoxy) is 1. The van der Waals surface area contributed by atoms with Gasteiger partial charge in [0.05, 0.1) is 6.61 Å². The van der Waals surface area contributed by atoms with E-state index in [4.69, 9.17) is 0 Å². The van der Waals surface area contributed by atoms with E-state index in [1.165, 1.54) is 11.1 Å². The number of aromatic nitrogens is 1. The molecular weight excluding hydrogens is 306 g/mol. The number of nitrogens with one attached hydrogen (secondary N) is 1. The minimum absolute atomic E-state index is 0.168. The molecule has 1 aliphatic heterocycles. The van der Waals surface area contributed by atoms with E-state index in [9.17, 15) is 9.59 Å².